The summed E-state index contributed by atoms with van der Waals surface area (Å²) in [7, 11) is 0. The van der Waals surface area contributed by atoms with E-state index in [0.717, 1.165) is 0 Å². The minimum absolute atomic E-state index is 0.696. The summed E-state index contributed by atoms with van der Waals surface area (Å²) in [5.74, 6) is -3.59. The highest BCUT2D eigenvalue weighted by Crippen LogP contribution is 2.27. The molecule has 0 spiro atoms. The molecule has 7 nitrogen and oxygen atoms in total. The van der Waals surface area contributed by atoms with Gasteiger partial charge in [-0.2, -0.15) is 0 Å². The monoisotopic (exact) mass is 222 g/mol. The van der Waals surface area contributed by atoms with Gasteiger partial charge in [0.1, 0.15) is 18.3 Å². The molecular formula is C8H15NO6. The summed E-state index contributed by atoms with van der Waals surface area (Å²) in [6.45, 7) is -1.48. The molecule has 0 amide bonds. The van der Waals surface area contributed by atoms with Crippen LogP contribution < -0.4 is 5.73 Å². The number of aliphatic hydroxyl groups is 4. The number of rotatable bonds is 2. The molecule has 1 aliphatic heterocycles. The molecule has 0 aliphatic carbocycles. The molecule has 0 bridgehead atoms. The summed E-state index contributed by atoms with van der Waals surface area (Å²) in [6, 6.07) is -1.57. The van der Waals surface area contributed by atoms with Crippen LogP contribution >= 0.6 is 0 Å². The zero-order chi connectivity index (χ0) is 12.5. The molecule has 6 N–H and O–H groups in total. The third-order valence-corrected chi connectivity index (χ3v) is 2.46. The molecule has 7 heteroatoms. The van der Waals surface area contributed by atoms with Gasteiger partial charge in [0.25, 0.3) is 0 Å². The second kappa shape index (κ2) is 4.12. The lowest BCUT2D eigenvalue weighted by Gasteiger charge is -2.44. The smallest absolute Gasteiger partial charge is 0.244 e. The van der Waals surface area contributed by atoms with E-state index in [9.17, 15) is 20.1 Å². The van der Waals surface area contributed by atoms with Gasteiger partial charge in [-0.25, -0.2) is 0 Å². The molecule has 0 aromatic heterocycles. The van der Waals surface area contributed by atoms with Crippen LogP contribution in [-0.2, 0) is 9.53 Å². The first-order chi connectivity index (χ1) is 7.38. The molecule has 1 fully saturated rings. The molecule has 1 unspecified atom stereocenters. The largest absolute Gasteiger partial charge is 0.394 e. The van der Waals surface area contributed by atoms with Crippen molar-refractivity contribution in [3.8, 4) is 0 Å². The molecule has 1 rings (SSSR count). The van der Waals surface area contributed by atoms with Gasteiger partial charge in [0.2, 0.25) is 5.79 Å². The predicted molar refractivity (Wildman–Crippen MR) is 47.6 cm³/mol. The van der Waals surface area contributed by atoms with E-state index in [4.69, 9.17) is 16.9 Å². The van der Waals surface area contributed by atoms with E-state index in [0.29, 0.717) is 0 Å². The number of ketones is 1. The van der Waals surface area contributed by atoms with Gasteiger partial charge in [-0.15, -0.1) is 0 Å². The quantitative estimate of drug-likeness (QED) is 0.330. The summed E-state index contributed by atoms with van der Waals surface area (Å²) < 4.78 is 11.6. The number of Topliss-reactive ketones (excluding diaryl/α,β-unsaturated/α-hetero) is 1. The predicted octanol–water partition coefficient (Wildman–Crippen LogP) is -3.30. The Balaban J connectivity index is 2.98. The Labute approximate surface area is 87.5 Å². The SMILES string of the molecule is [2H]CC(=O)C1(O)O[C@H](CO)[C@H](O)[C@H](O)[C@H]1N. The first-order valence-electron chi connectivity index (χ1n) is 5.04. The standard InChI is InChI=1S/C8H15NO6/c1-3(11)8(14)7(9)6(13)5(12)4(2-10)15-8/h4-7,10,12-14H,2,9H2,1H3/t4-,5+,6+,7-,8?/m1/s1/i1D. The fourth-order valence-electron chi connectivity index (χ4n) is 1.44. The molecule has 88 valence electrons. The molecule has 0 radical (unpaired) electrons. The van der Waals surface area contributed by atoms with Crippen LogP contribution in [0.4, 0.5) is 0 Å². The topological polar surface area (TPSA) is 133 Å². The first kappa shape index (κ1) is 10.9. The van der Waals surface area contributed by atoms with Crippen LogP contribution in [0, 0.1) is 0 Å². The van der Waals surface area contributed by atoms with E-state index in [2.05, 4.69) is 0 Å². The van der Waals surface area contributed by atoms with Crippen molar-refractivity contribution in [2.24, 2.45) is 5.73 Å². The number of hydrogen-bond donors (Lipinski definition) is 5. The molecule has 1 aliphatic rings. The second-order valence-electron chi connectivity index (χ2n) is 3.47. The lowest BCUT2D eigenvalue weighted by Crippen LogP contribution is -2.70. The van der Waals surface area contributed by atoms with Crippen molar-refractivity contribution < 1.29 is 31.3 Å². The minimum Gasteiger partial charge on any atom is -0.394 e. The van der Waals surface area contributed by atoms with Crippen molar-refractivity contribution in [3.63, 3.8) is 0 Å². The average molecular weight is 222 g/mol. The first-order valence-corrected chi connectivity index (χ1v) is 4.33. The number of hydrogen-bond acceptors (Lipinski definition) is 7. The van der Waals surface area contributed by atoms with E-state index >= 15 is 0 Å². The van der Waals surface area contributed by atoms with Crippen LogP contribution in [0.2, 0.25) is 0 Å². The van der Waals surface area contributed by atoms with E-state index in [1.165, 1.54) is 0 Å². The van der Waals surface area contributed by atoms with E-state index in [1.807, 2.05) is 0 Å². The zero-order valence-electron chi connectivity index (χ0n) is 8.91. The number of nitrogens with two attached hydrogens (primary N) is 1. The van der Waals surface area contributed by atoms with Crippen molar-refractivity contribution in [2.45, 2.75) is 37.0 Å². The number of ether oxygens (including phenoxy) is 1. The van der Waals surface area contributed by atoms with Gasteiger partial charge in [-0.1, -0.05) is 0 Å². The van der Waals surface area contributed by atoms with Gasteiger partial charge in [0.05, 0.1) is 12.6 Å². The third kappa shape index (κ3) is 1.89. The van der Waals surface area contributed by atoms with Crippen LogP contribution in [0.25, 0.3) is 0 Å². The second-order valence-corrected chi connectivity index (χ2v) is 3.47. The van der Waals surface area contributed by atoms with Gasteiger partial charge in [0.15, 0.2) is 5.78 Å². The number of carbonyl (C=O) groups is 1. The maximum Gasteiger partial charge on any atom is 0.244 e. The van der Waals surface area contributed by atoms with Crippen LogP contribution in [0.5, 0.6) is 0 Å². The van der Waals surface area contributed by atoms with Crippen LogP contribution in [0.3, 0.4) is 0 Å². The normalized spacial score (nSPS) is 47.4. The summed E-state index contributed by atoms with van der Waals surface area (Å²) >= 11 is 0. The molecule has 5 atom stereocenters. The van der Waals surface area contributed by atoms with Crippen molar-refractivity contribution in [1.82, 2.24) is 0 Å². The van der Waals surface area contributed by atoms with Crippen molar-refractivity contribution in [3.05, 3.63) is 0 Å². The molecule has 0 aromatic rings. The van der Waals surface area contributed by atoms with Gasteiger partial charge in [0, 0.05) is 8.27 Å². The zero-order valence-corrected chi connectivity index (χ0v) is 7.91. The van der Waals surface area contributed by atoms with Gasteiger partial charge in [-0.3, -0.25) is 4.79 Å². The number of carbonyl (C=O) groups excluding carboxylic acids is 1. The maximum atomic E-state index is 11.3. The Kier molecular flexibility index (Phi) is 3.01. The highest BCUT2D eigenvalue weighted by Gasteiger charge is 2.54. The van der Waals surface area contributed by atoms with E-state index in [-0.39, 0.29) is 0 Å². The minimum atomic E-state index is -2.55. The molecule has 0 saturated carbocycles. The third-order valence-electron chi connectivity index (χ3n) is 2.46. The van der Waals surface area contributed by atoms with E-state index < -0.39 is 49.4 Å². The average Bonchev–Trinajstić information content (AvgIpc) is 2.30. The summed E-state index contributed by atoms with van der Waals surface area (Å²) in [5, 5.41) is 37.5. The van der Waals surface area contributed by atoms with Crippen molar-refractivity contribution in [1.29, 1.82) is 0 Å². The highest BCUT2D eigenvalue weighted by molar-refractivity contribution is 5.84. The fraction of sp³-hybridized carbons (Fsp3) is 0.875. The van der Waals surface area contributed by atoms with Gasteiger partial charge in [-0.05, 0) is 0 Å². The molecule has 15 heavy (non-hydrogen) atoms. The lowest BCUT2D eigenvalue weighted by molar-refractivity contribution is -0.296. The van der Waals surface area contributed by atoms with Crippen LogP contribution in [-0.4, -0.2) is 63.0 Å². The van der Waals surface area contributed by atoms with Crippen molar-refractivity contribution >= 4 is 5.78 Å². The highest BCUT2D eigenvalue weighted by atomic mass is 16.7. The summed E-state index contributed by atoms with van der Waals surface area (Å²) in [6.07, 6.45) is -4.44. The van der Waals surface area contributed by atoms with E-state index in [1.54, 1.807) is 0 Å². The van der Waals surface area contributed by atoms with Crippen LogP contribution in [0.15, 0.2) is 0 Å². The summed E-state index contributed by atoms with van der Waals surface area (Å²) in [5.41, 5.74) is 5.37. The van der Waals surface area contributed by atoms with Gasteiger partial charge >= 0.3 is 0 Å². The Morgan fingerprint density at radius 1 is 1.60 bits per heavy atom. The number of aliphatic hydroxyl groups excluding tert-OH is 3. The Hall–Kier alpha value is -0.570. The van der Waals surface area contributed by atoms with Crippen LogP contribution in [0.1, 0.15) is 8.27 Å². The Morgan fingerprint density at radius 2 is 2.20 bits per heavy atom. The fourth-order valence-corrected chi connectivity index (χ4v) is 1.44. The molecular weight excluding hydrogens is 206 g/mol. The summed E-state index contributed by atoms with van der Waals surface area (Å²) in [4.78, 5) is 11.3. The lowest BCUT2D eigenvalue weighted by atomic mass is 9.89. The maximum absolute atomic E-state index is 11.3. The molecule has 1 heterocycles. The molecule has 0 aromatic carbocycles. The Morgan fingerprint density at radius 3 is 2.67 bits per heavy atom. The molecule has 1 saturated heterocycles. The van der Waals surface area contributed by atoms with Gasteiger partial charge < -0.3 is 30.9 Å². The van der Waals surface area contributed by atoms with Crippen molar-refractivity contribution in [2.75, 3.05) is 6.61 Å². The Bertz CT molecular complexity index is 275.